The van der Waals surface area contributed by atoms with Crippen LogP contribution in [0.5, 0.6) is 11.5 Å². The van der Waals surface area contributed by atoms with Crippen LogP contribution < -0.4 is 14.9 Å². The van der Waals surface area contributed by atoms with Crippen LogP contribution in [0.15, 0.2) is 84.5 Å². The van der Waals surface area contributed by atoms with Crippen LogP contribution in [0, 0.1) is 0 Å². The first-order valence-electron chi connectivity index (χ1n) is 26.8. The van der Waals surface area contributed by atoms with E-state index in [-0.39, 0.29) is 24.0 Å². The molecule has 9 heterocycles. The third-order valence-electron chi connectivity index (χ3n) is 14.3. The summed E-state index contributed by atoms with van der Waals surface area (Å²) in [4.78, 5) is 44.3. The van der Waals surface area contributed by atoms with E-state index in [0.717, 1.165) is 73.6 Å². The monoisotopic (exact) mass is 1160 g/mol. The van der Waals surface area contributed by atoms with Crippen LogP contribution in [0.25, 0.3) is 57.1 Å². The third-order valence-corrected chi connectivity index (χ3v) is 14.8. The molecule has 0 aliphatic carbocycles. The van der Waals surface area contributed by atoms with E-state index < -0.39 is 29.4 Å². The molecule has 1 saturated heterocycles. The van der Waals surface area contributed by atoms with Gasteiger partial charge in [0.1, 0.15) is 66.1 Å². The van der Waals surface area contributed by atoms with Crippen molar-refractivity contribution >= 4 is 40.4 Å². The van der Waals surface area contributed by atoms with Gasteiger partial charge in [0.05, 0.1) is 54.8 Å². The summed E-state index contributed by atoms with van der Waals surface area (Å²) in [6, 6.07) is 12.3. The molecule has 80 heavy (non-hydrogen) atoms. The number of esters is 2. The van der Waals surface area contributed by atoms with E-state index in [1.807, 2.05) is 85.9 Å². The molecule has 0 radical (unpaired) electrons. The lowest BCUT2D eigenvalue weighted by molar-refractivity contribution is -0.153. The lowest BCUT2D eigenvalue weighted by atomic mass is 9.82. The molecular formula is C55H69BBrN15O8. The van der Waals surface area contributed by atoms with Crippen molar-refractivity contribution in [2.45, 2.75) is 144 Å². The minimum atomic E-state index is -1.02. The molecular weight excluding hydrogens is 1090 g/mol. The molecule has 1 fully saturated rings. The van der Waals surface area contributed by atoms with Crippen molar-refractivity contribution in [3.05, 3.63) is 84.5 Å². The Kier molecular flexibility index (Phi) is 16.1. The van der Waals surface area contributed by atoms with Crippen molar-refractivity contribution in [1.29, 1.82) is 0 Å². The van der Waals surface area contributed by atoms with Gasteiger partial charge in [0.2, 0.25) is 0 Å². The van der Waals surface area contributed by atoms with E-state index >= 15 is 0 Å². The number of carbonyl (C=O) groups excluding carboxylic acids is 2. The van der Waals surface area contributed by atoms with Crippen molar-refractivity contribution in [2.75, 3.05) is 26.4 Å². The van der Waals surface area contributed by atoms with Gasteiger partial charge in [-0.1, -0.05) is 22.0 Å². The molecule has 2 aromatic carbocycles. The fraction of sp³-hybridized carbons (Fsp3) is 0.473. The highest BCUT2D eigenvalue weighted by atomic mass is 79.9. The first-order chi connectivity index (χ1) is 37.9. The van der Waals surface area contributed by atoms with Crippen LogP contribution in [0.1, 0.15) is 109 Å². The number of fused-ring (bicyclic) bond motifs is 6. The zero-order chi connectivity index (χ0) is 57.5. The van der Waals surface area contributed by atoms with Crippen molar-refractivity contribution < 1.29 is 37.8 Å². The van der Waals surface area contributed by atoms with Crippen LogP contribution in [0.3, 0.4) is 0 Å². The normalized spacial score (nSPS) is 15.2. The van der Waals surface area contributed by atoms with E-state index in [0.29, 0.717) is 44.4 Å². The van der Waals surface area contributed by atoms with Crippen LogP contribution in [0.2, 0.25) is 0 Å². The summed E-state index contributed by atoms with van der Waals surface area (Å²) in [7, 11) is -0.489. The van der Waals surface area contributed by atoms with E-state index in [4.69, 9.17) is 38.2 Å². The Labute approximate surface area is 473 Å². The topological polar surface area (TPSA) is 235 Å². The summed E-state index contributed by atoms with van der Waals surface area (Å²) in [6.07, 6.45) is 12.2. The lowest BCUT2D eigenvalue weighted by Gasteiger charge is -2.32. The summed E-state index contributed by atoms with van der Waals surface area (Å²) in [6.45, 7) is 30.0. The number of hydrogen-bond acceptors (Lipinski definition) is 17. The van der Waals surface area contributed by atoms with Gasteiger partial charge in [-0.05, 0) is 127 Å². The number of nitrogens with zero attached hydrogens (tertiary/aromatic N) is 15. The fourth-order valence-electron chi connectivity index (χ4n) is 8.93. The van der Waals surface area contributed by atoms with Crippen LogP contribution in [-0.4, -0.2) is 130 Å². The van der Waals surface area contributed by atoms with Gasteiger partial charge in [-0.2, -0.15) is 30.3 Å². The van der Waals surface area contributed by atoms with Crippen LogP contribution in [-0.2, 0) is 52.5 Å². The van der Waals surface area contributed by atoms with Gasteiger partial charge < -0.3 is 37.4 Å². The second kappa shape index (κ2) is 22.6. The van der Waals surface area contributed by atoms with E-state index in [2.05, 4.69) is 88.2 Å². The first kappa shape index (κ1) is 57.2. The van der Waals surface area contributed by atoms with E-state index in [1.165, 1.54) is 4.80 Å². The molecule has 11 rings (SSSR count). The Balaban J connectivity index is 0.000000151. The quantitative estimate of drug-likeness (QED) is 0.0825. The number of halogens is 1. The third kappa shape index (κ3) is 11.3. The zero-order valence-electron chi connectivity index (χ0n) is 47.8. The molecule has 0 bridgehead atoms. The van der Waals surface area contributed by atoms with Crippen LogP contribution >= 0.6 is 15.9 Å². The summed E-state index contributed by atoms with van der Waals surface area (Å²) >= 11 is 3.49. The molecule has 8 aromatic rings. The molecule has 3 aliphatic rings. The maximum atomic E-state index is 12.3. The highest BCUT2D eigenvalue weighted by molar-refractivity contribution is 9.10. The lowest BCUT2D eigenvalue weighted by Crippen LogP contribution is -2.41. The highest BCUT2D eigenvalue weighted by Crippen LogP contribution is 2.39. The number of hydrogen-bond donors (Lipinski definition) is 0. The summed E-state index contributed by atoms with van der Waals surface area (Å²) in [5.41, 5.74) is 3.02. The second-order valence-electron chi connectivity index (χ2n) is 22.0. The number of carbonyl (C=O) groups is 2. The van der Waals surface area contributed by atoms with E-state index in [1.54, 1.807) is 77.5 Å². The molecule has 0 unspecified atom stereocenters. The van der Waals surface area contributed by atoms with Crippen LogP contribution in [0.4, 0.5) is 0 Å². The summed E-state index contributed by atoms with van der Waals surface area (Å²) < 4.78 is 44.7. The molecule has 0 N–H and O–H groups in total. The van der Waals surface area contributed by atoms with Crippen molar-refractivity contribution in [2.24, 2.45) is 0 Å². The van der Waals surface area contributed by atoms with Gasteiger partial charge in [0.25, 0.3) is 0 Å². The van der Waals surface area contributed by atoms with E-state index in [9.17, 15) is 9.59 Å². The Hall–Kier alpha value is -7.51. The van der Waals surface area contributed by atoms with Gasteiger partial charge in [-0.15, -0.1) is 0 Å². The molecule has 0 amide bonds. The van der Waals surface area contributed by atoms with Gasteiger partial charge >= 0.3 is 19.1 Å². The second-order valence-corrected chi connectivity index (χ2v) is 22.9. The predicted octanol–water partition coefficient (Wildman–Crippen LogP) is 8.36. The summed E-state index contributed by atoms with van der Waals surface area (Å²) in [5, 5.41) is 21.8. The largest absolute Gasteiger partial charge is 0.498 e. The van der Waals surface area contributed by atoms with Crippen molar-refractivity contribution in [3.8, 4) is 68.6 Å². The first-order valence-corrected chi connectivity index (χ1v) is 27.6. The number of rotatable bonds is 12. The molecule has 0 spiro atoms. The molecule has 6 aromatic heterocycles. The molecule has 422 valence electrons. The molecule has 23 nitrogen and oxygen atoms in total. The molecule has 3 aliphatic heterocycles. The standard InChI is InChI=1S/C24H28N8O3.C16H16BrN5O.C15H25BN2O4/c1-6-34-23(33)24(4,5)32-26-12-18(29-32)16-7-8-17-20(11-16)35-10-9-30-13-19(28-21(17)30)22-25-14-27-31(22)15(2)3;1-10(2)22-16(18-9-19-22)13-8-21-5-6-23-14-7-11(17)3-4-12(14)15(21)20-13;1-8-20-12(19)13(2,3)18-10-11(9-17-18)16-21-14(4,5)15(6,7)22-16/h7-8,11-15H,6,9-10H2,1-5H3;3-4,7-10H,5-6H2,1-2H3;9-10H,8H2,1-7H3. The maximum absolute atomic E-state index is 12.3. The fourth-order valence-corrected chi connectivity index (χ4v) is 9.27. The number of ether oxygens (including phenoxy) is 4. The van der Waals surface area contributed by atoms with Gasteiger partial charge in [0, 0.05) is 52.4 Å². The maximum Gasteiger partial charge on any atom is 0.498 e. The average molecular weight is 1160 g/mol. The van der Waals surface area contributed by atoms with Crippen molar-refractivity contribution in [1.82, 2.24) is 73.4 Å². The number of imidazole rings is 2. The van der Waals surface area contributed by atoms with Gasteiger partial charge in [-0.25, -0.2) is 38.9 Å². The molecule has 0 saturated carbocycles. The molecule has 0 atom stereocenters. The Morgan fingerprint density at radius 1 is 0.662 bits per heavy atom. The van der Waals surface area contributed by atoms with Crippen molar-refractivity contribution in [3.63, 3.8) is 0 Å². The van der Waals surface area contributed by atoms with Gasteiger partial charge in [0.15, 0.2) is 22.7 Å². The minimum absolute atomic E-state index is 0.175. The minimum Gasteiger partial charge on any atom is -0.491 e. The van der Waals surface area contributed by atoms with Gasteiger partial charge in [-0.3, -0.25) is 4.68 Å². The smallest absolute Gasteiger partial charge is 0.491 e. The Morgan fingerprint density at radius 2 is 1.18 bits per heavy atom. The number of aromatic nitrogens is 15. The zero-order valence-corrected chi connectivity index (χ0v) is 49.4. The molecule has 25 heteroatoms. The summed E-state index contributed by atoms with van der Waals surface area (Å²) in [5.74, 6) is 4.09. The Bertz CT molecular complexity index is 3500. The Morgan fingerprint density at radius 3 is 1.70 bits per heavy atom. The predicted molar refractivity (Wildman–Crippen MR) is 302 cm³/mol. The average Bonchev–Trinajstić information content (AvgIpc) is 4.29. The SMILES string of the molecule is CC(C)n1ncnc1-c1cn2c(n1)-c1ccc(Br)cc1OCC2.CCOC(=O)C(C)(C)n1cc(B2OC(C)(C)C(C)(C)O2)cn1.CCOC(=O)C(C)(C)n1ncc(-c2ccc3c(c2)OCCn2cc(-c4ncnn4C(C)C)nc2-3)n1. The highest BCUT2D eigenvalue weighted by Gasteiger charge is 2.52. The number of benzene rings is 2.